The highest BCUT2D eigenvalue weighted by molar-refractivity contribution is 9.10. The monoisotopic (exact) mass is 429 g/mol. The number of nitrogens with zero attached hydrogens (tertiary/aromatic N) is 1. The number of carbonyl (C=O) groups is 1. The van der Waals surface area contributed by atoms with Gasteiger partial charge in [-0.1, -0.05) is 50.9 Å². The summed E-state index contributed by atoms with van der Waals surface area (Å²) in [6.45, 7) is 0. The van der Waals surface area contributed by atoms with Gasteiger partial charge in [0, 0.05) is 9.50 Å². The molecule has 0 atom stereocenters. The van der Waals surface area contributed by atoms with Crippen LogP contribution in [0, 0.1) is 0 Å². The quantitative estimate of drug-likeness (QED) is 0.547. The highest BCUT2D eigenvalue weighted by Crippen LogP contribution is 2.26. The third-order valence-corrected chi connectivity index (χ3v) is 4.88. The molecule has 23 heavy (non-hydrogen) atoms. The minimum atomic E-state index is -0.166. The van der Waals surface area contributed by atoms with Crippen LogP contribution in [-0.4, -0.2) is 21.6 Å². The second-order valence-electron chi connectivity index (χ2n) is 4.66. The molecule has 0 radical (unpaired) electrons. The van der Waals surface area contributed by atoms with E-state index in [1.54, 1.807) is 18.2 Å². The number of nitrogens with one attached hydrogen (secondary N) is 2. The van der Waals surface area contributed by atoms with Gasteiger partial charge < -0.3 is 10.3 Å². The molecule has 3 rings (SSSR count). The first-order chi connectivity index (χ1) is 11.0. The molecule has 0 fully saturated rings. The molecule has 0 spiro atoms. The van der Waals surface area contributed by atoms with Crippen molar-refractivity contribution in [3.05, 3.63) is 50.9 Å². The Hall–Kier alpha value is -1.21. The number of aromatic amines is 1. The number of thioether (sulfide) groups is 1. The van der Waals surface area contributed by atoms with Crippen molar-refractivity contribution in [3.63, 3.8) is 0 Å². The van der Waals surface area contributed by atoms with Crippen molar-refractivity contribution >= 4 is 73.5 Å². The Bertz CT molecular complexity index is 884. The largest absolute Gasteiger partial charge is 0.333 e. The van der Waals surface area contributed by atoms with Gasteiger partial charge in [-0.05, 0) is 36.4 Å². The maximum atomic E-state index is 12.0. The molecule has 0 aliphatic heterocycles. The molecule has 0 aliphatic carbocycles. The summed E-state index contributed by atoms with van der Waals surface area (Å²) in [5.74, 6) is 0.0563. The summed E-state index contributed by atoms with van der Waals surface area (Å²) < 4.78 is 0.973. The molecule has 0 aliphatic rings. The van der Waals surface area contributed by atoms with Gasteiger partial charge in [0.05, 0.1) is 27.5 Å². The zero-order valence-electron chi connectivity index (χ0n) is 11.6. The topological polar surface area (TPSA) is 57.8 Å². The predicted octanol–water partition coefficient (Wildman–Crippen LogP) is 5.36. The van der Waals surface area contributed by atoms with Crippen molar-refractivity contribution in [2.24, 2.45) is 0 Å². The molecule has 4 nitrogen and oxygen atoms in total. The number of rotatable bonds is 4. The first-order valence-corrected chi connectivity index (χ1v) is 9.08. The first-order valence-electron chi connectivity index (χ1n) is 6.54. The number of anilines is 1. The molecule has 0 saturated heterocycles. The van der Waals surface area contributed by atoms with Crippen LogP contribution in [0.4, 0.5) is 5.69 Å². The Morgan fingerprint density at radius 1 is 1.26 bits per heavy atom. The van der Waals surface area contributed by atoms with Crippen molar-refractivity contribution in [3.8, 4) is 0 Å². The van der Waals surface area contributed by atoms with E-state index >= 15 is 0 Å². The maximum Gasteiger partial charge on any atom is 0.234 e. The maximum absolute atomic E-state index is 12.0. The van der Waals surface area contributed by atoms with E-state index in [0.29, 0.717) is 20.9 Å². The van der Waals surface area contributed by atoms with Gasteiger partial charge in [0.2, 0.25) is 5.91 Å². The van der Waals surface area contributed by atoms with Crippen molar-refractivity contribution in [2.45, 2.75) is 5.16 Å². The Morgan fingerprint density at radius 2 is 2.09 bits per heavy atom. The number of hydrogen-bond acceptors (Lipinski definition) is 3. The highest BCUT2D eigenvalue weighted by Gasteiger charge is 2.09. The second-order valence-corrected chi connectivity index (χ2v) is 7.39. The first kappa shape index (κ1) is 16.6. The summed E-state index contributed by atoms with van der Waals surface area (Å²) in [5, 5.41) is 4.37. The SMILES string of the molecule is O=C(CSc1nc2ccc(Br)cc2[nH]1)Nc1ccc(Cl)cc1Cl. The molecule has 8 heteroatoms. The van der Waals surface area contributed by atoms with Crippen LogP contribution in [0.25, 0.3) is 11.0 Å². The van der Waals surface area contributed by atoms with Gasteiger partial charge >= 0.3 is 0 Å². The smallest absolute Gasteiger partial charge is 0.234 e. The number of amides is 1. The van der Waals surface area contributed by atoms with E-state index in [1.165, 1.54) is 11.8 Å². The van der Waals surface area contributed by atoms with Crippen molar-refractivity contribution in [2.75, 3.05) is 11.1 Å². The minimum Gasteiger partial charge on any atom is -0.333 e. The van der Waals surface area contributed by atoms with Crippen LogP contribution < -0.4 is 5.32 Å². The number of H-pyrrole nitrogens is 1. The van der Waals surface area contributed by atoms with E-state index < -0.39 is 0 Å². The molecule has 1 amide bonds. The van der Waals surface area contributed by atoms with E-state index in [1.807, 2.05) is 18.2 Å². The van der Waals surface area contributed by atoms with E-state index in [9.17, 15) is 4.79 Å². The fourth-order valence-corrected chi connectivity index (χ4v) is 3.44. The van der Waals surface area contributed by atoms with Crippen LogP contribution >= 0.6 is 50.9 Å². The Morgan fingerprint density at radius 3 is 2.87 bits per heavy atom. The Labute approximate surface area is 155 Å². The van der Waals surface area contributed by atoms with Crippen LogP contribution in [-0.2, 0) is 4.79 Å². The minimum absolute atomic E-state index is 0.166. The Balaban J connectivity index is 1.63. The van der Waals surface area contributed by atoms with Crippen LogP contribution in [0.15, 0.2) is 46.0 Å². The van der Waals surface area contributed by atoms with Gasteiger partial charge in [0.15, 0.2) is 5.16 Å². The molecule has 1 heterocycles. The van der Waals surface area contributed by atoms with Crippen LogP contribution in [0.1, 0.15) is 0 Å². The average Bonchev–Trinajstić information content (AvgIpc) is 2.90. The van der Waals surface area contributed by atoms with Crippen molar-refractivity contribution in [1.82, 2.24) is 9.97 Å². The van der Waals surface area contributed by atoms with Gasteiger partial charge in [0.1, 0.15) is 0 Å². The van der Waals surface area contributed by atoms with Gasteiger partial charge in [-0.25, -0.2) is 4.98 Å². The summed E-state index contributed by atoms with van der Waals surface area (Å²) >= 11 is 16.6. The Kier molecular flexibility index (Phi) is 5.16. The predicted molar refractivity (Wildman–Crippen MR) is 99.6 cm³/mol. The third kappa shape index (κ3) is 4.20. The molecule has 2 N–H and O–H groups in total. The number of hydrogen-bond donors (Lipinski definition) is 2. The number of carbonyl (C=O) groups excluding carboxylic acids is 1. The molecular formula is C15H10BrCl2N3OS. The fourth-order valence-electron chi connectivity index (χ4n) is 1.94. The van der Waals surface area contributed by atoms with Crippen molar-refractivity contribution in [1.29, 1.82) is 0 Å². The summed E-state index contributed by atoms with van der Waals surface area (Å²) in [5.41, 5.74) is 2.31. The molecule has 3 aromatic rings. The molecule has 1 aromatic heterocycles. The van der Waals surface area contributed by atoms with E-state index in [2.05, 4.69) is 31.2 Å². The summed E-state index contributed by atoms with van der Waals surface area (Å²) in [6.07, 6.45) is 0. The lowest BCUT2D eigenvalue weighted by Crippen LogP contribution is -2.14. The number of benzene rings is 2. The van der Waals surface area contributed by atoms with E-state index in [4.69, 9.17) is 23.2 Å². The molecule has 2 aromatic carbocycles. The molecular weight excluding hydrogens is 421 g/mol. The van der Waals surface area contributed by atoms with Gasteiger partial charge in [-0.2, -0.15) is 0 Å². The summed E-state index contributed by atoms with van der Waals surface area (Å²) in [6, 6.07) is 10.7. The second kappa shape index (κ2) is 7.13. The lowest BCUT2D eigenvalue weighted by molar-refractivity contribution is -0.113. The van der Waals surface area contributed by atoms with E-state index in [0.717, 1.165) is 15.5 Å². The number of halogens is 3. The van der Waals surface area contributed by atoms with Crippen molar-refractivity contribution < 1.29 is 4.79 Å². The zero-order valence-corrected chi connectivity index (χ0v) is 15.5. The van der Waals surface area contributed by atoms with Crippen LogP contribution in [0.3, 0.4) is 0 Å². The van der Waals surface area contributed by atoms with Crippen LogP contribution in [0.2, 0.25) is 10.0 Å². The third-order valence-electron chi connectivity index (χ3n) is 2.97. The average molecular weight is 431 g/mol. The van der Waals surface area contributed by atoms with Gasteiger partial charge in [-0.15, -0.1) is 0 Å². The zero-order chi connectivity index (χ0) is 16.4. The number of fused-ring (bicyclic) bond motifs is 1. The molecule has 0 bridgehead atoms. The lowest BCUT2D eigenvalue weighted by Gasteiger charge is -2.06. The lowest BCUT2D eigenvalue weighted by atomic mass is 10.3. The van der Waals surface area contributed by atoms with Gasteiger partial charge in [0.25, 0.3) is 0 Å². The fraction of sp³-hybridized carbons (Fsp3) is 0.0667. The summed E-state index contributed by atoms with van der Waals surface area (Å²) in [7, 11) is 0. The van der Waals surface area contributed by atoms with Gasteiger partial charge in [-0.3, -0.25) is 4.79 Å². The highest BCUT2D eigenvalue weighted by atomic mass is 79.9. The van der Waals surface area contributed by atoms with Crippen LogP contribution in [0.5, 0.6) is 0 Å². The molecule has 0 unspecified atom stereocenters. The number of imidazole rings is 1. The number of aromatic nitrogens is 2. The normalized spacial score (nSPS) is 10.9. The standard InChI is InChI=1S/C15H10BrCl2N3OS/c16-8-1-3-12-13(5-8)21-15(20-12)23-7-14(22)19-11-4-2-9(17)6-10(11)18/h1-6H,7H2,(H,19,22)(H,20,21). The molecule has 0 saturated carbocycles. The summed E-state index contributed by atoms with van der Waals surface area (Å²) in [4.78, 5) is 19.6. The van der Waals surface area contributed by atoms with E-state index in [-0.39, 0.29) is 11.7 Å². The molecule has 118 valence electrons.